The number of rotatable bonds is 2. The van der Waals surface area contributed by atoms with E-state index >= 15 is 0 Å². The predicted molar refractivity (Wildman–Crippen MR) is 53.4 cm³/mol. The Morgan fingerprint density at radius 2 is 2.10 bits per heavy atom. The van der Waals surface area contributed by atoms with Crippen LogP contribution >= 0.6 is 50.8 Å². The highest BCUT2D eigenvalue weighted by Crippen LogP contribution is 2.35. The van der Waals surface area contributed by atoms with E-state index in [1.54, 1.807) is 34.9 Å². The molecule has 0 radical (unpaired) electrons. The van der Waals surface area contributed by atoms with E-state index in [4.69, 9.17) is 0 Å². The van der Waals surface area contributed by atoms with Crippen LogP contribution in [0.1, 0.15) is 0 Å². The minimum absolute atomic E-state index is 0.981. The first-order chi connectivity index (χ1) is 4.77. The number of hydrogen-bond acceptors (Lipinski definition) is 4. The summed E-state index contributed by atoms with van der Waals surface area (Å²) >= 11 is 8.52. The maximum absolute atomic E-state index is 4.28. The SMILES string of the molecule is CSc1nc(Br)c(SC)s1. The van der Waals surface area contributed by atoms with Crippen LogP contribution in [-0.2, 0) is 0 Å². The average Bonchev–Trinajstić information content (AvgIpc) is 2.30. The lowest BCUT2D eigenvalue weighted by molar-refractivity contribution is 1.19. The molecule has 0 atom stereocenters. The monoisotopic (exact) mass is 255 g/mol. The first-order valence-corrected chi connectivity index (χ1v) is 6.58. The Labute approximate surface area is 81.1 Å². The summed E-state index contributed by atoms with van der Waals surface area (Å²) in [6, 6.07) is 0. The number of thioether (sulfide) groups is 2. The smallest absolute Gasteiger partial charge is 0.152 e. The summed E-state index contributed by atoms with van der Waals surface area (Å²) in [6.07, 6.45) is 4.10. The highest BCUT2D eigenvalue weighted by Gasteiger charge is 2.05. The fourth-order valence-corrected chi connectivity index (χ4v) is 3.76. The van der Waals surface area contributed by atoms with Crippen molar-refractivity contribution in [3.63, 3.8) is 0 Å². The van der Waals surface area contributed by atoms with E-state index in [1.807, 2.05) is 6.26 Å². The molecule has 1 aromatic heterocycles. The molecule has 0 aliphatic rings. The predicted octanol–water partition coefficient (Wildman–Crippen LogP) is 3.35. The van der Waals surface area contributed by atoms with Crippen molar-refractivity contribution in [3.8, 4) is 0 Å². The first kappa shape index (κ1) is 8.90. The van der Waals surface area contributed by atoms with Crippen molar-refractivity contribution in [2.24, 2.45) is 0 Å². The van der Waals surface area contributed by atoms with Crippen molar-refractivity contribution >= 4 is 50.8 Å². The van der Waals surface area contributed by atoms with Crippen LogP contribution in [-0.4, -0.2) is 17.5 Å². The summed E-state index contributed by atoms with van der Waals surface area (Å²) in [5.41, 5.74) is 0. The number of nitrogens with zero attached hydrogens (tertiary/aromatic N) is 1. The fraction of sp³-hybridized carbons (Fsp3) is 0.400. The molecule has 1 nitrogen and oxygen atoms in total. The molecule has 10 heavy (non-hydrogen) atoms. The lowest BCUT2D eigenvalue weighted by atomic mass is 11.0. The third-order valence-electron chi connectivity index (χ3n) is 0.898. The molecule has 0 amide bonds. The maximum atomic E-state index is 4.28. The van der Waals surface area contributed by atoms with Crippen LogP contribution in [0.3, 0.4) is 0 Å². The van der Waals surface area contributed by atoms with Gasteiger partial charge in [-0.05, 0) is 28.4 Å². The lowest BCUT2D eigenvalue weighted by Gasteiger charge is -1.83. The minimum Gasteiger partial charge on any atom is -0.222 e. The summed E-state index contributed by atoms with van der Waals surface area (Å²) < 4.78 is 3.36. The Morgan fingerprint density at radius 3 is 2.40 bits per heavy atom. The molecule has 0 N–H and O–H groups in total. The van der Waals surface area contributed by atoms with Crippen LogP contribution in [0.15, 0.2) is 13.2 Å². The largest absolute Gasteiger partial charge is 0.222 e. The molecule has 1 rings (SSSR count). The Kier molecular flexibility index (Phi) is 3.55. The molecule has 0 bridgehead atoms. The maximum Gasteiger partial charge on any atom is 0.152 e. The summed E-state index contributed by atoms with van der Waals surface area (Å²) in [5, 5.41) is 0. The second-order valence-electron chi connectivity index (χ2n) is 1.47. The number of hydrogen-bond donors (Lipinski definition) is 0. The quantitative estimate of drug-likeness (QED) is 0.753. The average molecular weight is 256 g/mol. The van der Waals surface area contributed by atoms with Crippen molar-refractivity contribution < 1.29 is 0 Å². The van der Waals surface area contributed by atoms with Crippen LogP contribution in [0.25, 0.3) is 0 Å². The summed E-state index contributed by atoms with van der Waals surface area (Å²) in [5.74, 6) is 0. The van der Waals surface area contributed by atoms with Gasteiger partial charge in [-0.3, -0.25) is 0 Å². The van der Waals surface area contributed by atoms with Gasteiger partial charge in [0.1, 0.15) is 4.60 Å². The van der Waals surface area contributed by atoms with Gasteiger partial charge in [-0.2, -0.15) is 0 Å². The van der Waals surface area contributed by atoms with Gasteiger partial charge >= 0.3 is 0 Å². The van der Waals surface area contributed by atoms with Gasteiger partial charge in [0.2, 0.25) is 0 Å². The molecule has 0 fully saturated rings. The molecular weight excluding hydrogens is 250 g/mol. The van der Waals surface area contributed by atoms with Gasteiger partial charge in [0.05, 0.1) is 4.21 Å². The van der Waals surface area contributed by atoms with Gasteiger partial charge in [-0.1, -0.05) is 11.8 Å². The summed E-state index contributed by atoms with van der Waals surface area (Å²) in [6.45, 7) is 0. The van der Waals surface area contributed by atoms with E-state index in [1.165, 1.54) is 4.21 Å². The van der Waals surface area contributed by atoms with Gasteiger partial charge in [-0.15, -0.1) is 23.1 Å². The van der Waals surface area contributed by atoms with Crippen LogP contribution in [0.4, 0.5) is 0 Å². The van der Waals surface area contributed by atoms with E-state index in [2.05, 4.69) is 27.2 Å². The topological polar surface area (TPSA) is 12.9 Å². The van der Waals surface area contributed by atoms with Gasteiger partial charge in [0.25, 0.3) is 0 Å². The molecule has 1 aromatic rings. The molecule has 0 aromatic carbocycles. The molecule has 5 heteroatoms. The second-order valence-corrected chi connectivity index (χ2v) is 5.34. The van der Waals surface area contributed by atoms with Crippen molar-refractivity contribution in [1.82, 2.24) is 4.98 Å². The molecule has 0 saturated carbocycles. The Morgan fingerprint density at radius 1 is 1.40 bits per heavy atom. The van der Waals surface area contributed by atoms with Crippen LogP contribution in [0, 0.1) is 0 Å². The molecule has 56 valence electrons. The second kappa shape index (κ2) is 3.99. The van der Waals surface area contributed by atoms with E-state index in [-0.39, 0.29) is 0 Å². The number of thiazole rings is 1. The van der Waals surface area contributed by atoms with Gasteiger partial charge in [-0.25, -0.2) is 4.98 Å². The van der Waals surface area contributed by atoms with E-state index in [0.29, 0.717) is 0 Å². The van der Waals surface area contributed by atoms with Crippen LogP contribution in [0.2, 0.25) is 0 Å². The molecule has 1 heterocycles. The zero-order valence-corrected chi connectivity index (χ0v) is 9.59. The van der Waals surface area contributed by atoms with Crippen molar-refractivity contribution in [2.45, 2.75) is 8.55 Å². The normalized spacial score (nSPS) is 10.3. The Bertz CT molecular complexity index is 223. The van der Waals surface area contributed by atoms with Gasteiger partial charge < -0.3 is 0 Å². The van der Waals surface area contributed by atoms with Crippen LogP contribution < -0.4 is 0 Å². The minimum atomic E-state index is 0.981. The standard InChI is InChI=1S/C5H6BrNS3/c1-8-4-3(6)7-5(9-2)10-4/h1-2H3. The van der Waals surface area contributed by atoms with Crippen LogP contribution in [0.5, 0.6) is 0 Å². The van der Waals surface area contributed by atoms with E-state index in [9.17, 15) is 0 Å². The molecule has 0 saturated heterocycles. The fourth-order valence-electron chi connectivity index (χ4n) is 0.483. The third kappa shape index (κ3) is 1.90. The number of aromatic nitrogens is 1. The Balaban J connectivity index is 2.92. The highest BCUT2D eigenvalue weighted by molar-refractivity contribution is 9.10. The third-order valence-corrected chi connectivity index (χ3v) is 5.15. The summed E-state index contributed by atoms with van der Waals surface area (Å²) in [4.78, 5) is 4.28. The first-order valence-electron chi connectivity index (χ1n) is 2.52. The summed E-state index contributed by atoms with van der Waals surface area (Å²) in [7, 11) is 0. The molecule has 0 spiro atoms. The molecule has 0 aliphatic carbocycles. The molecular formula is C5H6BrNS3. The van der Waals surface area contributed by atoms with Crippen molar-refractivity contribution in [2.75, 3.05) is 12.5 Å². The van der Waals surface area contributed by atoms with E-state index in [0.717, 1.165) is 8.94 Å². The number of halogens is 1. The van der Waals surface area contributed by atoms with Crippen molar-refractivity contribution in [1.29, 1.82) is 0 Å². The zero-order chi connectivity index (χ0) is 7.56. The Hall–Kier alpha value is 0.810. The van der Waals surface area contributed by atoms with Crippen molar-refractivity contribution in [3.05, 3.63) is 4.60 Å². The zero-order valence-electron chi connectivity index (χ0n) is 5.55. The highest BCUT2D eigenvalue weighted by atomic mass is 79.9. The van der Waals surface area contributed by atoms with Gasteiger partial charge in [0, 0.05) is 0 Å². The molecule has 0 aliphatic heterocycles. The van der Waals surface area contributed by atoms with Gasteiger partial charge in [0.15, 0.2) is 4.34 Å². The lowest BCUT2D eigenvalue weighted by Crippen LogP contribution is -1.64. The van der Waals surface area contributed by atoms with E-state index < -0.39 is 0 Å². The molecule has 0 unspecified atom stereocenters.